The van der Waals surface area contributed by atoms with Crippen LogP contribution in [-0.2, 0) is 20.8 Å². The molecule has 0 unspecified atom stereocenters. The Labute approximate surface area is 213 Å². The molecule has 0 saturated carbocycles. The number of aliphatic hydroxyl groups is 1. The van der Waals surface area contributed by atoms with Crippen LogP contribution in [0.2, 0.25) is 0 Å². The van der Waals surface area contributed by atoms with E-state index in [1.54, 1.807) is 0 Å². The Balaban J connectivity index is 0.000000372. The number of aliphatic carboxylic acids is 2. The second-order valence-corrected chi connectivity index (χ2v) is 8.01. The number of benzene rings is 1. The molecular formula is C23H26N3NaO6. The van der Waals surface area contributed by atoms with Gasteiger partial charge in [-0.3, -0.25) is 9.69 Å². The zero-order chi connectivity index (χ0) is 23.4. The first-order valence-electron chi connectivity index (χ1n) is 10.3. The maximum absolute atomic E-state index is 12.5. The minimum Gasteiger partial charge on any atom is -0.545 e. The van der Waals surface area contributed by atoms with Gasteiger partial charge in [0.2, 0.25) is 5.91 Å². The zero-order valence-electron chi connectivity index (χ0n) is 18.9. The van der Waals surface area contributed by atoms with E-state index in [0.717, 1.165) is 11.9 Å². The van der Waals surface area contributed by atoms with Gasteiger partial charge in [-0.25, -0.2) is 4.79 Å². The van der Waals surface area contributed by atoms with E-state index in [4.69, 9.17) is 10.2 Å². The molecule has 0 radical (unpaired) electrons. The minimum absolute atomic E-state index is 0. The van der Waals surface area contributed by atoms with E-state index in [9.17, 15) is 19.5 Å². The molecule has 4 rings (SSSR count). The van der Waals surface area contributed by atoms with Gasteiger partial charge in [-0.1, -0.05) is 18.2 Å². The smallest absolute Gasteiger partial charge is 0.545 e. The van der Waals surface area contributed by atoms with Crippen molar-refractivity contribution in [3.8, 4) is 0 Å². The average molecular weight is 463 g/mol. The summed E-state index contributed by atoms with van der Waals surface area (Å²) in [6.07, 6.45) is 6.16. The molecule has 1 aromatic heterocycles. The van der Waals surface area contributed by atoms with E-state index in [2.05, 4.69) is 52.7 Å². The van der Waals surface area contributed by atoms with Crippen LogP contribution < -0.4 is 40.0 Å². The minimum atomic E-state index is -1.51. The first-order chi connectivity index (χ1) is 15.2. The summed E-state index contributed by atoms with van der Waals surface area (Å²) in [6.45, 7) is 2.47. The number of H-pyrrole nitrogens is 1. The van der Waals surface area contributed by atoms with Crippen LogP contribution in [0.25, 0.3) is 16.5 Å². The third-order valence-electron chi connectivity index (χ3n) is 5.63. The molecule has 2 heterocycles. The van der Waals surface area contributed by atoms with Crippen molar-refractivity contribution in [2.45, 2.75) is 25.4 Å². The topological polar surface area (TPSA) is 146 Å². The fourth-order valence-corrected chi connectivity index (χ4v) is 4.15. The molecule has 9 nitrogen and oxygen atoms in total. The second-order valence-electron chi connectivity index (χ2n) is 8.01. The first kappa shape index (κ1) is 26.8. The third-order valence-corrected chi connectivity index (χ3v) is 5.63. The molecule has 1 aliphatic carbocycles. The predicted octanol–water partition coefficient (Wildman–Crippen LogP) is -3.08. The number of carbonyl (C=O) groups is 3. The molecule has 1 amide bonds. The van der Waals surface area contributed by atoms with E-state index in [0.29, 0.717) is 24.7 Å². The van der Waals surface area contributed by atoms with Crippen molar-refractivity contribution in [2.75, 3.05) is 20.2 Å². The van der Waals surface area contributed by atoms with Gasteiger partial charge in [-0.2, -0.15) is 0 Å². The van der Waals surface area contributed by atoms with Gasteiger partial charge in [0.25, 0.3) is 0 Å². The number of aromatic amines is 1. The van der Waals surface area contributed by atoms with Crippen molar-refractivity contribution >= 4 is 34.3 Å². The van der Waals surface area contributed by atoms with Gasteiger partial charge in [0.1, 0.15) is 0 Å². The monoisotopic (exact) mass is 463 g/mol. The summed E-state index contributed by atoms with van der Waals surface area (Å²) in [4.78, 5) is 37.1. The molecule has 2 aromatic rings. The van der Waals surface area contributed by atoms with Crippen molar-refractivity contribution in [2.24, 2.45) is 5.92 Å². The van der Waals surface area contributed by atoms with E-state index in [-0.39, 0.29) is 54.0 Å². The number of carbonyl (C=O) groups excluding carboxylic acids is 2. The molecule has 1 aromatic carbocycles. The fraction of sp³-hybridized carbons (Fsp3) is 0.348. The van der Waals surface area contributed by atoms with Gasteiger partial charge in [0, 0.05) is 41.8 Å². The Morgan fingerprint density at radius 3 is 2.67 bits per heavy atom. The number of amides is 1. The summed E-state index contributed by atoms with van der Waals surface area (Å²) in [5.41, 5.74) is 4.99. The van der Waals surface area contributed by atoms with Crippen molar-refractivity contribution in [1.29, 1.82) is 0 Å². The molecule has 2 aliphatic rings. The normalized spacial score (nSPS) is 20.0. The molecule has 4 N–H and O–H groups in total. The van der Waals surface area contributed by atoms with Gasteiger partial charge in [0.05, 0.1) is 18.5 Å². The number of nitrogens with one attached hydrogen (secondary N) is 2. The van der Waals surface area contributed by atoms with Crippen molar-refractivity contribution in [3.63, 3.8) is 0 Å². The van der Waals surface area contributed by atoms with E-state index in [1.807, 2.05) is 6.92 Å². The Morgan fingerprint density at radius 2 is 2.06 bits per heavy atom. The molecule has 170 valence electrons. The van der Waals surface area contributed by atoms with Crippen LogP contribution in [0.4, 0.5) is 0 Å². The van der Waals surface area contributed by atoms with E-state index < -0.39 is 11.9 Å². The number of rotatable bonds is 5. The predicted molar refractivity (Wildman–Crippen MR) is 116 cm³/mol. The molecule has 0 saturated heterocycles. The third kappa shape index (κ3) is 6.33. The number of hydrogen-bond donors (Lipinski definition) is 4. The summed E-state index contributed by atoms with van der Waals surface area (Å²) in [6, 6.07) is 6.42. The Hall–Kier alpha value is -2.43. The first-order valence-corrected chi connectivity index (χ1v) is 10.3. The Kier molecular flexibility index (Phi) is 9.45. The average Bonchev–Trinajstić information content (AvgIpc) is 3.17. The van der Waals surface area contributed by atoms with Crippen LogP contribution in [0.3, 0.4) is 0 Å². The number of carboxylic acids is 2. The van der Waals surface area contributed by atoms with E-state index >= 15 is 0 Å². The van der Waals surface area contributed by atoms with Crippen LogP contribution in [0.5, 0.6) is 0 Å². The molecule has 10 heteroatoms. The standard InChI is InChI=1S/C19H23N3O2.C4H4O4.Na/c1-11(10-23)21-19(24)13-6-15-14-4-3-5-16-18(14)12(8-20-16)7-17(15)22(2)9-13;5-3(6)1-2-4(7)8;/h3-6,8,11,13,17,20,23H,7,9-10H2,1-2H3,(H,21,24);1-2H,(H,5,6)(H,7,8);/q;;+1/p-1/b;2-1-;/t11-,13+,17+;;/m0../s1. The van der Waals surface area contributed by atoms with E-state index in [1.165, 1.54) is 22.1 Å². The number of fused-ring (bicyclic) bond motifs is 2. The fourth-order valence-electron chi connectivity index (χ4n) is 4.15. The van der Waals surface area contributed by atoms with Gasteiger partial charge in [-0.15, -0.1) is 0 Å². The molecule has 33 heavy (non-hydrogen) atoms. The van der Waals surface area contributed by atoms with Crippen LogP contribution in [0.1, 0.15) is 18.1 Å². The van der Waals surface area contributed by atoms with Gasteiger partial charge >= 0.3 is 35.5 Å². The number of likely N-dealkylation sites (N-methyl/N-ethyl adjacent to an activating group) is 1. The summed E-state index contributed by atoms with van der Waals surface area (Å²) in [7, 11) is 2.09. The van der Waals surface area contributed by atoms with Gasteiger partial charge in [-0.05, 0) is 49.2 Å². The maximum atomic E-state index is 12.5. The molecule has 0 spiro atoms. The molecule has 0 bridgehead atoms. The largest absolute Gasteiger partial charge is 1.00 e. The summed E-state index contributed by atoms with van der Waals surface area (Å²) in [5, 5.41) is 30.6. The van der Waals surface area contributed by atoms with Crippen LogP contribution in [-0.4, -0.2) is 70.2 Å². The van der Waals surface area contributed by atoms with Crippen molar-refractivity contribution in [3.05, 3.63) is 53.8 Å². The number of aromatic nitrogens is 1. The number of hydrogen-bond acceptors (Lipinski definition) is 6. The van der Waals surface area contributed by atoms with Crippen LogP contribution in [0, 0.1) is 5.92 Å². The molecular weight excluding hydrogens is 437 g/mol. The van der Waals surface area contributed by atoms with Crippen LogP contribution in [0.15, 0.2) is 42.6 Å². The van der Waals surface area contributed by atoms with Gasteiger partial charge < -0.3 is 30.4 Å². The van der Waals surface area contributed by atoms with Crippen molar-refractivity contribution < 1.29 is 59.3 Å². The SMILES string of the molecule is C[C@@H](CO)NC(=O)[C@@H]1C=C2c3cccc4[nH]cc(c34)C[C@H]2N(C)C1.O=C([O-])/C=C\C(=O)O.[Na+]. The maximum Gasteiger partial charge on any atom is 1.00 e. The summed E-state index contributed by atoms with van der Waals surface area (Å²) >= 11 is 0. The van der Waals surface area contributed by atoms with Crippen molar-refractivity contribution in [1.82, 2.24) is 15.2 Å². The Bertz CT molecular complexity index is 1080. The summed E-state index contributed by atoms with van der Waals surface area (Å²) < 4.78 is 0. The second kappa shape index (κ2) is 11.6. The number of aliphatic hydroxyl groups excluding tert-OH is 1. The van der Waals surface area contributed by atoms with Gasteiger partial charge in [0.15, 0.2) is 0 Å². The van der Waals surface area contributed by atoms with Crippen LogP contribution >= 0.6 is 0 Å². The number of nitrogens with zero attached hydrogens (tertiary/aromatic N) is 1. The zero-order valence-corrected chi connectivity index (χ0v) is 20.9. The molecule has 3 atom stereocenters. The molecule has 1 aliphatic heterocycles. The quantitative estimate of drug-likeness (QED) is 0.272. The summed E-state index contributed by atoms with van der Waals surface area (Å²) in [5.74, 6) is -3.01. The Morgan fingerprint density at radius 1 is 1.33 bits per heavy atom. The molecule has 0 fully saturated rings. The number of carboxylic acid groups (broad SMARTS) is 2.